The van der Waals surface area contributed by atoms with Crippen molar-refractivity contribution in [2.45, 2.75) is 52.6 Å². The second-order valence-corrected chi connectivity index (χ2v) is 6.25. The second-order valence-electron chi connectivity index (χ2n) is 6.25. The maximum atomic E-state index is 3.90. The zero-order valence-electron chi connectivity index (χ0n) is 11.8. The molecule has 0 heterocycles. The molecule has 0 aromatic rings. The first-order chi connectivity index (χ1) is 6.62. The van der Waals surface area contributed by atoms with Crippen LogP contribution in [0.1, 0.15) is 41.5 Å². The SMILES string of the molecule is C=CC[N+](CC=C)(C(C)(C)C)C(C)(C)C.[Cl-]. The predicted octanol–water partition coefficient (Wildman–Crippen LogP) is 0.776. The van der Waals surface area contributed by atoms with Gasteiger partial charge in [0.05, 0.1) is 24.2 Å². The van der Waals surface area contributed by atoms with Crippen LogP contribution < -0.4 is 12.4 Å². The molecule has 0 N–H and O–H groups in total. The van der Waals surface area contributed by atoms with Crippen LogP contribution in [0.2, 0.25) is 0 Å². The summed E-state index contributed by atoms with van der Waals surface area (Å²) in [5, 5.41) is 0. The Morgan fingerprint density at radius 1 is 0.812 bits per heavy atom. The maximum Gasteiger partial charge on any atom is 0.0981 e. The molecule has 0 amide bonds. The Balaban J connectivity index is 0. The van der Waals surface area contributed by atoms with Crippen molar-refractivity contribution >= 4 is 0 Å². The second kappa shape index (κ2) is 5.88. The van der Waals surface area contributed by atoms with Crippen LogP contribution in [0.25, 0.3) is 0 Å². The standard InChI is InChI=1S/C14H28N.ClH/c1-9-11-15(12-10-2,13(3,4)5)14(6,7)8;/h9-10H,1-2,11-12H2,3-8H3;1H/q+1;/p-1. The van der Waals surface area contributed by atoms with Crippen LogP contribution in [0.5, 0.6) is 0 Å². The lowest BCUT2D eigenvalue weighted by Gasteiger charge is -2.56. The van der Waals surface area contributed by atoms with Crippen LogP contribution in [0, 0.1) is 0 Å². The Morgan fingerprint density at radius 3 is 1.19 bits per heavy atom. The molecule has 16 heavy (non-hydrogen) atoms. The summed E-state index contributed by atoms with van der Waals surface area (Å²) in [6, 6.07) is 0. The zero-order valence-corrected chi connectivity index (χ0v) is 12.6. The van der Waals surface area contributed by atoms with Gasteiger partial charge in [0.1, 0.15) is 0 Å². The molecule has 0 atom stereocenters. The first-order valence-electron chi connectivity index (χ1n) is 5.71. The molecular formula is C14H28ClN. The van der Waals surface area contributed by atoms with Crippen molar-refractivity contribution < 1.29 is 16.9 Å². The van der Waals surface area contributed by atoms with Gasteiger partial charge in [-0.05, 0) is 53.7 Å². The Hall–Kier alpha value is -0.270. The monoisotopic (exact) mass is 245 g/mol. The summed E-state index contributed by atoms with van der Waals surface area (Å²) < 4.78 is 0.993. The topological polar surface area (TPSA) is 0 Å². The fourth-order valence-corrected chi connectivity index (χ4v) is 2.62. The van der Waals surface area contributed by atoms with E-state index in [1.807, 2.05) is 12.2 Å². The van der Waals surface area contributed by atoms with E-state index in [1.165, 1.54) is 0 Å². The van der Waals surface area contributed by atoms with Gasteiger partial charge in [0.25, 0.3) is 0 Å². The Kier molecular flexibility index (Phi) is 6.65. The van der Waals surface area contributed by atoms with Crippen molar-refractivity contribution in [1.82, 2.24) is 0 Å². The molecule has 0 aliphatic rings. The van der Waals surface area contributed by atoms with E-state index in [-0.39, 0.29) is 23.5 Å². The summed E-state index contributed by atoms with van der Waals surface area (Å²) in [6.45, 7) is 23.6. The molecule has 0 saturated heterocycles. The molecule has 1 nitrogen and oxygen atoms in total. The largest absolute Gasteiger partial charge is 1.00 e. The first-order valence-corrected chi connectivity index (χ1v) is 5.71. The average Bonchev–Trinajstić information content (AvgIpc) is 1.99. The lowest BCUT2D eigenvalue weighted by Crippen LogP contribution is -3.00. The minimum atomic E-state index is 0. The molecule has 0 aromatic carbocycles. The van der Waals surface area contributed by atoms with Crippen LogP contribution in [0.3, 0.4) is 0 Å². The number of halogens is 1. The maximum absolute atomic E-state index is 3.90. The van der Waals surface area contributed by atoms with Crippen LogP contribution in [-0.4, -0.2) is 28.7 Å². The highest BCUT2D eigenvalue weighted by Gasteiger charge is 2.47. The molecule has 0 spiro atoms. The summed E-state index contributed by atoms with van der Waals surface area (Å²) in [4.78, 5) is 0. The Labute approximate surface area is 108 Å². The van der Waals surface area contributed by atoms with Crippen LogP contribution in [0.4, 0.5) is 0 Å². The van der Waals surface area contributed by atoms with Gasteiger partial charge < -0.3 is 16.9 Å². The third-order valence-electron chi connectivity index (χ3n) is 3.45. The van der Waals surface area contributed by atoms with Gasteiger partial charge in [0, 0.05) is 0 Å². The molecule has 0 saturated carbocycles. The van der Waals surface area contributed by atoms with Crippen molar-refractivity contribution in [3.05, 3.63) is 25.3 Å². The summed E-state index contributed by atoms with van der Waals surface area (Å²) in [7, 11) is 0. The lowest BCUT2D eigenvalue weighted by atomic mass is 9.89. The van der Waals surface area contributed by atoms with Gasteiger partial charge in [-0.1, -0.05) is 13.2 Å². The summed E-state index contributed by atoms with van der Waals surface area (Å²) in [5.41, 5.74) is 0.390. The number of quaternary nitrogens is 1. The van der Waals surface area contributed by atoms with Crippen molar-refractivity contribution in [2.75, 3.05) is 13.1 Å². The van der Waals surface area contributed by atoms with Crippen LogP contribution >= 0.6 is 0 Å². The third-order valence-corrected chi connectivity index (χ3v) is 3.45. The molecule has 0 fully saturated rings. The fourth-order valence-electron chi connectivity index (χ4n) is 2.62. The molecule has 0 aliphatic heterocycles. The Bertz CT molecular complexity index is 204. The van der Waals surface area contributed by atoms with E-state index in [0.717, 1.165) is 17.6 Å². The molecular weight excluding hydrogens is 218 g/mol. The van der Waals surface area contributed by atoms with Crippen molar-refractivity contribution in [2.24, 2.45) is 0 Å². The minimum Gasteiger partial charge on any atom is -1.00 e. The van der Waals surface area contributed by atoms with Crippen molar-refractivity contribution in [3.8, 4) is 0 Å². The summed E-state index contributed by atoms with van der Waals surface area (Å²) in [6.07, 6.45) is 4.06. The normalized spacial score (nSPS) is 12.9. The lowest BCUT2D eigenvalue weighted by molar-refractivity contribution is -1.00. The fraction of sp³-hybridized carbons (Fsp3) is 0.714. The molecule has 0 unspecified atom stereocenters. The Morgan fingerprint density at radius 2 is 1.06 bits per heavy atom. The molecule has 2 heteroatoms. The number of nitrogens with zero attached hydrogens (tertiary/aromatic N) is 1. The summed E-state index contributed by atoms with van der Waals surface area (Å²) in [5.74, 6) is 0. The molecule has 0 aliphatic carbocycles. The van der Waals surface area contributed by atoms with E-state index in [2.05, 4.69) is 54.7 Å². The number of rotatable bonds is 4. The zero-order chi connectivity index (χ0) is 12.3. The van der Waals surface area contributed by atoms with Crippen LogP contribution in [0.15, 0.2) is 25.3 Å². The third kappa shape index (κ3) is 3.36. The van der Waals surface area contributed by atoms with E-state index in [1.54, 1.807) is 0 Å². The van der Waals surface area contributed by atoms with Gasteiger partial charge in [-0.15, -0.1) is 0 Å². The van der Waals surface area contributed by atoms with E-state index in [0.29, 0.717) is 0 Å². The highest BCUT2D eigenvalue weighted by Crippen LogP contribution is 2.35. The molecule has 0 aromatic heterocycles. The van der Waals surface area contributed by atoms with E-state index in [9.17, 15) is 0 Å². The van der Waals surface area contributed by atoms with E-state index in [4.69, 9.17) is 0 Å². The molecule has 0 bridgehead atoms. The summed E-state index contributed by atoms with van der Waals surface area (Å²) >= 11 is 0. The first kappa shape index (κ1) is 18.1. The van der Waals surface area contributed by atoms with Crippen LogP contribution in [-0.2, 0) is 0 Å². The van der Waals surface area contributed by atoms with E-state index < -0.39 is 0 Å². The van der Waals surface area contributed by atoms with Gasteiger partial charge in [-0.3, -0.25) is 0 Å². The number of hydrogen-bond acceptors (Lipinski definition) is 0. The van der Waals surface area contributed by atoms with Gasteiger partial charge >= 0.3 is 0 Å². The van der Waals surface area contributed by atoms with Crippen molar-refractivity contribution in [3.63, 3.8) is 0 Å². The highest BCUT2D eigenvalue weighted by atomic mass is 35.5. The smallest absolute Gasteiger partial charge is 0.0981 e. The molecule has 0 radical (unpaired) electrons. The van der Waals surface area contributed by atoms with Gasteiger partial charge in [-0.25, -0.2) is 0 Å². The van der Waals surface area contributed by atoms with E-state index >= 15 is 0 Å². The van der Waals surface area contributed by atoms with Gasteiger partial charge in [-0.2, -0.15) is 0 Å². The highest BCUT2D eigenvalue weighted by molar-refractivity contribution is 4.83. The van der Waals surface area contributed by atoms with Gasteiger partial charge in [0.2, 0.25) is 0 Å². The van der Waals surface area contributed by atoms with Gasteiger partial charge in [0.15, 0.2) is 0 Å². The minimum absolute atomic E-state index is 0. The van der Waals surface area contributed by atoms with Crippen molar-refractivity contribution in [1.29, 1.82) is 0 Å². The number of hydrogen-bond donors (Lipinski definition) is 0. The predicted molar refractivity (Wildman–Crippen MR) is 69.9 cm³/mol. The molecule has 96 valence electrons. The quantitative estimate of drug-likeness (QED) is 0.507. The molecule has 0 rings (SSSR count). The average molecular weight is 246 g/mol.